The zero-order valence-corrected chi connectivity index (χ0v) is 23.0. The molecule has 0 bridgehead atoms. The SMILES string of the molecule is CCOC(=O)C1CCN(C(=O)CC2=CSC3=NC(C)=C(C(=O)OC(C)(C)C)[C@@H](c4ccccc4)N23)CC1. The molecule has 1 saturated heterocycles. The average Bonchev–Trinajstić information content (AvgIpc) is 3.24. The van der Waals surface area contributed by atoms with E-state index in [9.17, 15) is 14.4 Å². The summed E-state index contributed by atoms with van der Waals surface area (Å²) in [5, 5.41) is 2.69. The summed E-state index contributed by atoms with van der Waals surface area (Å²) in [4.78, 5) is 47.3. The predicted molar refractivity (Wildman–Crippen MR) is 143 cm³/mol. The van der Waals surface area contributed by atoms with Crippen LogP contribution in [-0.4, -0.2) is 58.1 Å². The Morgan fingerprint density at radius 1 is 1.11 bits per heavy atom. The monoisotopic (exact) mass is 525 g/mol. The second-order valence-electron chi connectivity index (χ2n) is 10.4. The van der Waals surface area contributed by atoms with Crippen molar-refractivity contribution in [2.24, 2.45) is 10.9 Å². The molecule has 3 aliphatic rings. The van der Waals surface area contributed by atoms with Crippen LogP contribution in [0, 0.1) is 5.92 Å². The Morgan fingerprint density at radius 2 is 1.78 bits per heavy atom. The molecule has 0 aromatic heterocycles. The van der Waals surface area contributed by atoms with Gasteiger partial charge in [0.25, 0.3) is 0 Å². The number of piperidine rings is 1. The molecule has 1 amide bonds. The minimum absolute atomic E-state index is 0.00712. The minimum Gasteiger partial charge on any atom is -0.466 e. The Bertz CT molecular complexity index is 1140. The molecule has 0 saturated carbocycles. The van der Waals surface area contributed by atoms with Crippen LogP contribution < -0.4 is 0 Å². The number of hydrogen-bond donors (Lipinski definition) is 0. The molecule has 8 nitrogen and oxygen atoms in total. The summed E-state index contributed by atoms with van der Waals surface area (Å²) < 4.78 is 10.9. The molecule has 0 N–H and O–H groups in total. The normalized spacial score (nSPS) is 20.3. The van der Waals surface area contributed by atoms with Crippen molar-refractivity contribution in [2.45, 2.75) is 65.5 Å². The fraction of sp³-hybridized carbons (Fsp3) is 0.500. The minimum atomic E-state index is -0.653. The Labute approximate surface area is 222 Å². The fourth-order valence-electron chi connectivity index (χ4n) is 4.81. The molecular formula is C28H35N3O5S. The Morgan fingerprint density at radius 3 is 2.41 bits per heavy atom. The van der Waals surface area contributed by atoms with Crippen molar-refractivity contribution in [1.82, 2.24) is 9.80 Å². The highest BCUT2D eigenvalue weighted by atomic mass is 32.2. The highest BCUT2D eigenvalue weighted by Crippen LogP contribution is 2.45. The predicted octanol–water partition coefficient (Wildman–Crippen LogP) is 4.80. The molecule has 3 heterocycles. The van der Waals surface area contributed by atoms with Crippen molar-refractivity contribution in [3.8, 4) is 0 Å². The zero-order chi connectivity index (χ0) is 26.7. The van der Waals surface area contributed by atoms with E-state index in [1.54, 1.807) is 6.92 Å². The maximum absolute atomic E-state index is 13.4. The second kappa shape index (κ2) is 11.1. The summed E-state index contributed by atoms with van der Waals surface area (Å²) in [7, 11) is 0. The van der Waals surface area contributed by atoms with Crippen molar-refractivity contribution in [3.63, 3.8) is 0 Å². The third-order valence-corrected chi connectivity index (χ3v) is 7.42. The van der Waals surface area contributed by atoms with Gasteiger partial charge < -0.3 is 19.3 Å². The molecule has 0 unspecified atom stereocenters. The second-order valence-corrected chi connectivity index (χ2v) is 11.2. The van der Waals surface area contributed by atoms with Gasteiger partial charge in [-0.2, -0.15) is 0 Å². The van der Waals surface area contributed by atoms with Crippen LogP contribution in [0.5, 0.6) is 0 Å². The van der Waals surface area contributed by atoms with Crippen molar-refractivity contribution >= 4 is 34.8 Å². The number of thioether (sulfide) groups is 1. The van der Waals surface area contributed by atoms with Crippen molar-refractivity contribution in [1.29, 1.82) is 0 Å². The number of carbonyl (C=O) groups excluding carboxylic acids is 3. The first-order valence-electron chi connectivity index (χ1n) is 12.8. The Balaban J connectivity index is 1.55. The van der Waals surface area contributed by atoms with Crippen LogP contribution >= 0.6 is 11.8 Å². The number of rotatable bonds is 6. The molecule has 9 heteroatoms. The summed E-state index contributed by atoms with van der Waals surface area (Å²) >= 11 is 1.46. The van der Waals surface area contributed by atoms with Crippen LogP contribution in [0.4, 0.5) is 0 Å². The quantitative estimate of drug-likeness (QED) is 0.493. The number of fused-ring (bicyclic) bond motifs is 1. The van der Waals surface area contributed by atoms with Crippen LogP contribution in [0.2, 0.25) is 0 Å². The number of amidine groups is 1. The summed E-state index contributed by atoms with van der Waals surface area (Å²) in [6, 6.07) is 9.32. The summed E-state index contributed by atoms with van der Waals surface area (Å²) in [5.41, 5.74) is 2.15. The maximum atomic E-state index is 13.4. The van der Waals surface area contributed by atoms with Gasteiger partial charge in [-0.3, -0.25) is 9.59 Å². The topological polar surface area (TPSA) is 88.5 Å². The van der Waals surface area contributed by atoms with Gasteiger partial charge in [0.05, 0.1) is 36.3 Å². The van der Waals surface area contributed by atoms with Crippen LogP contribution in [-0.2, 0) is 23.9 Å². The van der Waals surface area contributed by atoms with Gasteiger partial charge in [0.1, 0.15) is 5.60 Å². The molecule has 0 spiro atoms. The number of hydrogen-bond acceptors (Lipinski definition) is 8. The molecule has 1 aromatic carbocycles. The van der Waals surface area contributed by atoms with E-state index in [1.165, 1.54) is 11.8 Å². The van der Waals surface area contributed by atoms with E-state index < -0.39 is 17.6 Å². The van der Waals surface area contributed by atoms with Gasteiger partial charge in [0.2, 0.25) is 5.91 Å². The van der Waals surface area contributed by atoms with E-state index in [-0.39, 0.29) is 24.2 Å². The molecule has 1 atom stereocenters. The number of ether oxygens (including phenoxy) is 2. The van der Waals surface area contributed by atoms with Crippen LogP contribution in [0.25, 0.3) is 0 Å². The van der Waals surface area contributed by atoms with Crippen molar-refractivity contribution in [2.75, 3.05) is 19.7 Å². The van der Waals surface area contributed by atoms with E-state index >= 15 is 0 Å². The first-order chi connectivity index (χ1) is 17.6. The molecular weight excluding hydrogens is 490 g/mol. The highest BCUT2D eigenvalue weighted by molar-refractivity contribution is 8.16. The lowest BCUT2D eigenvalue weighted by Gasteiger charge is -2.37. The molecule has 3 aliphatic heterocycles. The lowest BCUT2D eigenvalue weighted by atomic mass is 9.93. The Hall–Kier alpha value is -3.07. The zero-order valence-electron chi connectivity index (χ0n) is 22.2. The summed E-state index contributed by atoms with van der Waals surface area (Å²) in [6.07, 6.45) is 1.39. The van der Waals surface area contributed by atoms with Gasteiger partial charge in [-0.15, -0.1) is 0 Å². The van der Waals surface area contributed by atoms with Gasteiger partial charge in [-0.1, -0.05) is 42.1 Å². The molecule has 0 aliphatic carbocycles. The van der Waals surface area contributed by atoms with Crippen LogP contribution in [0.3, 0.4) is 0 Å². The summed E-state index contributed by atoms with van der Waals surface area (Å²) in [6.45, 7) is 10.6. The van der Waals surface area contributed by atoms with Gasteiger partial charge in [-0.05, 0) is 58.4 Å². The number of amides is 1. The van der Waals surface area contributed by atoms with E-state index in [0.717, 1.165) is 16.4 Å². The number of esters is 2. The first-order valence-corrected chi connectivity index (χ1v) is 13.6. The largest absolute Gasteiger partial charge is 0.466 e. The van der Waals surface area contributed by atoms with Crippen LogP contribution in [0.15, 0.2) is 57.7 Å². The molecule has 1 fully saturated rings. The number of carbonyl (C=O) groups is 3. The van der Waals surface area contributed by atoms with Crippen molar-refractivity contribution in [3.05, 3.63) is 58.3 Å². The smallest absolute Gasteiger partial charge is 0.338 e. The van der Waals surface area contributed by atoms with E-state index in [4.69, 9.17) is 14.5 Å². The third-order valence-electron chi connectivity index (χ3n) is 6.53. The lowest BCUT2D eigenvalue weighted by molar-refractivity contribution is -0.151. The fourth-order valence-corrected chi connectivity index (χ4v) is 5.77. The van der Waals surface area contributed by atoms with Crippen molar-refractivity contribution < 1.29 is 23.9 Å². The van der Waals surface area contributed by atoms with Gasteiger partial charge in [-0.25, -0.2) is 9.79 Å². The Kier molecular flexibility index (Phi) is 8.11. The number of benzene rings is 1. The van der Waals surface area contributed by atoms with E-state index in [2.05, 4.69) is 0 Å². The van der Waals surface area contributed by atoms with E-state index in [1.807, 2.05) is 73.2 Å². The lowest BCUT2D eigenvalue weighted by Crippen LogP contribution is -2.42. The maximum Gasteiger partial charge on any atom is 0.338 e. The number of aliphatic imine (C=N–C) groups is 1. The standard InChI is InChI=1S/C28H35N3O5S/c1-6-35-25(33)20-12-14-30(15-13-20)22(32)16-21-17-37-27-29-18(2)23(26(34)36-28(3,4)5)24(31(21)27)19-10-8-7-9-11-19/h7-11,17,20,24H,6,12-16H2,1-5H3/t24-/m1/s1. The number of allylic oxidation sites excluding steroid dienone is 1. The average molecular weight is 526 g/mol. The van der Waals surface area contributed by atoms with Crippen LogP contribution in [0.1, 0.15) is 65.5 Å². The molecule has 37 heavy (non-hydrogen) atoms. The number of likely N-dealkylation sites (tertiary alicyclic amines) is 1. The third kappa shape index (κ3) is 6.09. The number of nitrogens with zero attached hydrogens (tertiary/aromatic N) is 3. The molecule has 4 rings (SSSR count). The first kappa shape index (κ1) is 27.0. The van der Waals surface area contributed by atoms with Gasteiger partial charge in [0.15, 0.2) is 5.17 Å². The summed E-state index contributed by atoms with van der Waals surface area (Å²) in [5.74, 6) is -0.753. The van der Waals surface area contributed by atoms with Gasteiger partial charge in [0, 0.05) is 18.8 Å². The molecule has 1 aromatic rings. The molecule has 198 valence electrons. The van der Waals surface area contributed by atoms with Gasteiger partial charge >= 0.3 is 11.9 Å². The highest BCUT2D eigenvalue weighted by Gasteiger charge is 2.42. The molecule has 0 radical (unpaired) electrons. The van der Waals surface area contributed by atoms with E-state index in [0.29, 0.717) is 43.8 Å².